The number of aryl methyl sites for hydroxylation is 1. The SMILES string of the molecule is CC(NC(=O)c1cn(C)c2ccc(-c3ccc4nc(NC(=O)C5CC5)nn4c3)cc12)c1cccc(F)c1. The number of carbonyl (C=O) groups excluding carboxylic acids is 2. The van der Waals surface area contributed by atoms with Crippen molar-refractivity contribution < 1.29 is 14.0 Å². The van der Waals surface area contributed by atoms with Gasteiger partial charge in [-0.3, -0.25) is 14.9 Å². The van der Waals surface area contributed by atoms with Crippen molar-refractivity contribution in [3.8, 4) is 11.1 Å². The molecule has 1 aliphatic rings. The Labute approximate surface area is 212 Å². The summed E-state index contributed by atoms with van der Waals surface area (Å²) in [6, 6.07) is 15.6. The van der Waals surface area contributed by atoms with Crippen LogP contribution >= 0.6 is 0 Å². The van der Waals surface area contributed by atoms with E-state index in [-0.39, 0.29) is 29.6 Å². The lowest BCUT2D eigenvalue weighted by molar-refractivity contribution is -0.117. The fraction of sp³-hybridized carbons (Fsp3) is 0.214. The Morgan fingerprint density at radius 1 is 1.05 bits per heavy atom. The first kappa shape index (κ1) is 22.9. The van der Waals surface area contributed by atoms with Crippen LogP contribution in [0.4, 0.5) is 10.3 Å². The van der Waals surface area contributed by atoms with Crippen LogP contribution in [0.1, 0.15) is 41.7 Å². The van der Waals surface area contributed by atoms with E-state index in [4.69, 9.17) is 0 Å². The Morgan fingerprint density at radius 2 is 1.86 bits per heavy atom. The van der Waals surface area contributed by atoms with Gasteiger partial charge in [0.1, 0.15) is 5.82 Å². The summed E-state index contributed by atoms with van der Waals surface area (Å²) in [6.45, 7) is 1.83. The first-order chi connectivity index (χ1) is 17.9. The Bertz CT molecular complexity index is 1680. The van der Waals surface area contributed by atoms with Crippen LogP contribution in [0, 0.1) is 11.7 Å². The molecule has 0 saturated heterocycles. The number of benzene rings is 2. The summed E-state index contributed by atoms with van der Waals surface area (Å²) in [7, 11) is 1.90. The number of nitrogens with zero attached hydrogens (tertiary/aromatic N) is 4. The Hall–Kier alpha value is -4.53. The monoisotopic (exact) mass is 496 g/mol. The molecule has 1 fully saturated rings. The molecule has 5 aromatic rings. The van der Waals surface area contributed by atoms with Crippen LogP contribution < -0.4 is 10.6 Å². The van der Waals surface area contributed by atoms with Crippen LogP contribution in [0.2, 0.25) is 0 Å². The smallest absolute Gasteiger partial charge is 0.253 e. The third kappa shape index (κ3) is 4.44. The lowest BCUT2D eigenvalue weighted by Crippen LogP contribution is -2.26. The summed E-state index contributed by atoms with van der Waals surface area (Å²) in [5.74, 6) is -0.248. The number of rotatable bonds is 6. The van der Waals surface area contributed by atoms with E-state index >= 15 is 0 Å². The van der Waals surface area contributed by atoms with E-state index in [1.165, 1.54) is 12.1 Å². The molecule has 1 aliphatic carbocycles. The van der Waals surface area contributed by atoms with Gasteiger partial charge in [0.05, 0.1) is 11.6 Å². The van der Waals surface area contributed by atoms with Gasteiger partial charge in [0.15, 0.2) is 5.65 Å². The second-order valence-electron chi connectivity index (χ2n) is 9.56. The van der Waals surface area contributed by atoms with Crippen molar-refractivity contribution >= 4 is 34.3 Å². The lowest BCUT2D eigenvalue weighted by atomic mass is 10.0. The van der Waals surface area contributed by atoms with E-state index in [9.17, 15) is 14.0 Å². The van der Waals surface area contributed by atoms with Crippen molar-refractivity contribution in [1.29, 1.82) is 0 Å². The van der Waals surface area contributed by atoms with Gasteiger partial charge in [-0.2, -0.15) is 4.98 Å². The minimum Gasteiger partial charge on any atom is -0.350 e. The maximum Gasteiger partial charge on any atom is 0.253 e. The van der Waals surface area contributed by atoms with E-state index in [1.54, 1.807) is 22.8 Å². The van der Waals surface area contributed by atoms with Gasteiger partial charge in [-0.05, 0) is 67.3 Å². The summed E-state index contributed by atoms with van der Waals surface area (Å²) >= 11 is 0. The highest BCUT2D eigenvalue weighted by Gasteiger charge is 2.30. The molecule has 2 N–H and O–H groups in total. The molecule has 1 saturated carbocycles. The van der Waals surface area contributed by atoms with Crippen molar-refractivity contribution in [3.05, 3.63) is 83.9 Å². The van der Waals surface area contributed by atoms with E-state index < -0.39 is 0 Å². The predicted octanol–water partition coefficient (Wildman–Crippen LogP) is 4.87. The third-order valence-electron chi connectivity index (χ3n) is 6.78. The molecule has 0 aliphatic heterocycles. The number of carbonyl (C=O) groups is 2. The van der Waals surface area contributed by atoms with Crippen molar-refractivity contribution in [2.75, 3.05) is 5.32 Å². The molecule has 0 spiro atoms. The van der Waals surface area contributed by atoms with Crippen LogP contribution in [0.25, 0.3) is 27.7 Å². The zero-order valence-corrected chi connectivity index (χ0v) is 20.4. The maximum atomic E-state index is 13.6. The number of pyridine rings is 1. The number of fused-ring (bicyclic) bond motifs is 2. The number of hydrogen-bond donors (Lipinski definition) is 2. The number of aromatic nitrogens is 4. The fourth-order valence-corrected chi connectivity index (χ4v) is 4.55. The van der Waals surface area contributed by atoms with Crippen molar-refractivity contribution in [1.82, 2.24) is 24.5 Å². The molecule has 9 heteroatoms. The largest absolute Gasteiger partial charge is 0.350 e. The van der Waals surface area contributed by atoms with Crippen molar-refractivity contribution in [3.63, 3.8) is 0 Å². The molecular formula is C28H25FN6O2. The highest BCUT2D eigenvalue weighted by atomic mass is 19.1. The fourth-order valence-electron chi connectivity index (χ4n) is 4.55. The lowest BCUT2D eigenvalue weighted by Gasteiger charge is -2.14. The summed E-state index contributed by atoms with van der Waals surface area (Å²) in [6.07, 6.45) is 5.48. The zero-order valence-electron chi connectivity index (χ0n) is 20.4. The molecule has 186 valence electrons. The minimum absolute atomic E-state index is 0.0387. The highest BCUT2D eigenvalue weighted by Crippen LogP contribution is 2.30. The molecule has 6 rings (SSSR count). The van der Waals surface area contributed by atoms with Crippen LogP contribution in [0.15, 0.2) is 67.0 Å². The average Bonchev–Trinajstić information content (AvgIpc) is 3.59. The third-order valence-corrected chi connectivity index (χ3v) is 6.78. The molecule has 1 unspecified atom stereocenters. The number of nitrogens with one attached hydrogen (secondary N) is 2. The van der Waals surface area contributed by atoms with Gasteiger partial charge in [-0.15, -0.1) is 5.10 Å². The van der Waals surface area contributed by atoms with E-state index in [2.05, 4.69) is 20.7 Å². The molecule has 2 aromatic carbocycles. The van der Waals surface area contributed by atoms with E-state index in [0.717, 1.165) is 34.9 Å². The molecule has 3 heterocycles. The average molecular weight is 497 g/mol. The van der Waals surface area contributed by atoms with Gasteiger partial charge >= 0.3 is 0 Å². The predicted molar refractivity (Wildman–Crippen MR) is 139 cm³/mol. The Kier molecular flexibility index (Phi) is 5.48. The first-order valence-electron chi connectivity index (χ1n) is 12.2. The van der Waals surface area contributed by atoms with Gasteiger partial charge in [-0.1, -0.05) is 18.2 Å². The summed E-state index contributed by atoms with van der Waals surface area (Å²) < 4.78 is 17.2. The summed E-state index contributed by atoms with van der Waals surface area (Å²) in [4.78, 5) is 29.7. The van der Waals surface area contributed by atoms with Crippen LogP contribution in [-0.2, 0) is 11.8 Å². The van der Waals surface area contributed by atoms with Crippen LogP contribution in [-0.4, -0.2) is 31.0 Å². The zero-order chi connectivity index (χ0) is 25.7. The van der Waals surface area contributed by atoms with Gasteiger partial charge < -0.3 is 9.88 Å². The second-order valence-corrected chi connectivity index (χ2v) is 9.56. The highest BCUT2D eigenvalue weighted by molar-refractivity contribution is 6.08. The molecule has 2 amide bonds. The Balaban J connectivity index is 1.29. The normalized spacial score (nSPS) is 14.1. The summed E-state index contributed by atoms with van der Waals surface area (Å²) in [5, 5.41) is 11.0. The summed E-state index contributed by atoms with van der Waals surface area (Å²) in [5.41, 5.74) is 4.58. The number of anilines is 1. The van der Waals surface area contributed by atoms with Gasteiger partial charge in [0, 0.05) is 41.8 Å². The van der Waals surface area contributed by atoms with Crippen LogP contribution in [0.3, 0.4) is 0 Å². The molecule has 0 bridgehead atoms. The second kappa shape index (κ2) is 8.85. The Morgan fingerprint density at radius 3 is 2.65 bits per heavy atom. The van der Waals surface area contributed by atoms with Gasteiger partial charge in [0.25, 0.3) is 5.91 Å². The van der Waals surface area contributed by atoms with Crippen LogP contribution in [0.5, 0.6) is 0 Å². The van der Waals surface area contributed by atoms with Crippen molar-refractivity contribution in [2.24, 2.45) is 13.0 Å². The minimum atomic E-state index is -0.356. The van der Waals surface area contributed by atoms with E-state index in [0.29, 0.717) is 22.7 Å². The molecule has 0 radical (unpaired) electrons. The quantitative estimate of drug-likeness (QED) is 0.351. The number of hydrogen-bond acceptors (Lipinski definition) is 4. The molecule has 1 atom stereocenters. The molecule has 37 heavy (non-hydrogen) atoms. The van der Waals surface area contributed by atoms with Crippen molar-refractivity contribution in [2.45, 2.75) is 25.8 Å². The number of amides is 2. The van der Waals surface area contributed by atoms with E-state index in [1.807, 2.05) is 55.1 Å². The number of halogens is 1. The molecular weight excluding hydrogens is 471 g/mol. The topological polar surface area (TPSA) is 93.3 Å². The van der Waals surface area contributed by atoms with Gasteiger partial charge in [-0.25, -0.2) is 8.91 Å². The molecule has 8 nitrogen and oxygen atoms in total. The first-order valence-corrected chi connectivity index (χ1v) is 12.2. The molecule has 3 aromatic heterocycles. The maximum absolute atomic E-state index is 13.6. The standard InChI is InChI=1S/C28H25FN6O2/c1-16(18-4-3-5-21(29)12-18)30-27(37)23-15-34(2)24-10-8-19(13-22(23)24)20-9-11-25-31-28(33-35(25)14-20)32-26(36)17-6-7-17/h3-5,8-17H,6-7H2,1-2H3,(H,30,37)(H,32,33,36). The van der Waals surface area contributed by atoms with Gasteiger partial charge in [0.2, 0.25) is 11.9 Å².